The van der Waals surface area contributed by atoms with Crippen LogP contribution in [0.25, 0.3) is 10.9 Å². The smallest absolute Gasteiger partial charge is 0.253 e. The molecule has 0 amide bonds. The standard InChI is InChI=1S/C17H15BrN2O/c1-11-6-7-14(18)9-16(11)19-10-13-8-12-4-2-3-5-15(12)20-17(13)21/h2-9,19H,10H2,1H3,(H,20,21). The molecule has 0 atom stereocenters. The van der Waals surface area contributed by atoms with E-state index in [1.165, 1.54) is 0 Å². The van der Waals surface area contributed by atoms with Crippen molar-refractivity contribution in [1.82, 2.24) is 4.98 Å². The minimum Gasteiger partial charge on any atom is -0.381 e. The molecule has 0 bridgehead atoms. The minimum absolute atomic E-state index is 0.0474. The van der Waals surface area contributed by atoms with Gasteiger partial charge in [-0.3, -0.25) is 4.79 Å². The number of fused-ring (bicyclic) bond motifs is 1. The molecule has 0 fully saturated rings. The van der Waals surface area contributed by atoms with Gasteiger partial charge >= 0.3 is 0 Å². The Hall–Kier alpha value is -2.07. The Morgan fingerprint density at radius 3 is 2.81 bits per heavy atom. The van der Waals surface area contributed by atoms with Crippen LogP contribution in [0.3, 0.4) is 0 Å². The SMILES string of the molecule is Cc1ccc(Br)cc1NCc1cc2ccccc2[nH]c1=O. The van der Waals surface area contributed by atoms with E-state index in [2.05, 4.69) is 26.2 Å². The van der Waals surface area contributed by atoms with Crippen molar-refractivity contribution >= 4 is 32.5 Å². The summed E-state index contributed by atoms with van der Waals surface area (Å²) in [7, 11) is 0. The number of hydrogen-bond donors (Lipinski definition) is 2. The third-order valence-corrected chi connectivity index (χ3v) is 3.99. The molecule has 3 rings (SSSR count). The van der Waals surface area contributed by atoms with Crippen molar-refractivity contribution in [2.24, 2.45) is 0 Å². The van der Waals surface area contributed by atoms with Crippen LogP contribution in [0.4, 0.5) is 5.69 Å². The highest BCUT2D eigenvalue weighted by Crippen LogP contribution is 2.21. The maximum atomic E-state index is 12.1. The summed E-state index contributed by atoms with van der Waals surface area (Å²) in [5, 5.41) is 4.37. The number of nitrogens with one attached hydrogen (secondary N) is 2. The first-order valence-corrected chi connectivity index (χ1v) is 7.54. The van der Waals surface area contributed by atoms with E-state index in [0.717, 1.165) is 32.2 Å². The lowest BCUT2D eigenvalue weighted by Gasteiger charge is -2.10. The molecule has 2 N–H and O–H groups in total. The second-order valence-electron chi connectivity index (χ2n) is 5.02. The van der Waals surface area contributed by atoms with Crippen LogP contribution < -0.4 is 10.9 Å². The van der Waals surface area contributed by atoms with E-state index in [1.54, 1.807) is 0 Å². The van der Waals surface area contributed by atoms with Gasteiger partial charge in [0.2, 0.25) is 0 Å². The molecule has 1 aromatic heterocycles. The topological polar surface area (TPSA) is 44.9 Å². The largest absolute Gasteiger partial charge is 0.381 e. The van der Waals surface area contributed by atoms with Crippen LogP contribution >= 0.6 is 15.9 Å². The van der Waals surface area contributed by atoms with E-state index in [9.17, 15) is 4.79 Å². The van der Waals surface area contributed by atoms with Gasteiger partial charge in [-0.25, -0.2) is 0 Å². The molecule has 2 aromatic carbocycles. The van der Waals surface area contributed by atoms with E-state index in [4.69, 9.17) is 0 Å². The second-order valence-corrected chi connectivity index (χ2v) is 5.94. The highest BCUT2D eigenvalue weighted by atomic mass is 79.9. The van der Waals surface area contributed by atoms with Gasteiger partial charge in [0.15, 0.2) is 0 Å². The van der Waals surface area contributed by atoms with Crippen LogP contribution in [0.15, 0.2) is 57.8 Å². The number of hydrogen-bond acceptors (Lipinski definition) is 2. The normalized spacial score (nSPS) is 10.8. The maximum absolute atomic E-state index is 12.1. The van der Waals surface area contributed by atoms with Gasteiger partial charge < -0.3 is 10.3 Å². The predicted molar refractivity (Wildman–Crippen MR) is 90.8 cm³/mol. The predicted octanol–water partition coefficient (Wildman–Crippen LogP) is 4.21. The van der Waals surface area contributed by atoms with Gasteiger partial charge in [0.05, 0.1) is 0 Å². The summed E-state index contributed by atoms with van der Waals surface area (Å²) in [5.41, 5.74) is 3.72. The van der Waals surface area contributed by atoms with Crippen molar-refractivity contribution in [2.45, 2.75) is 13.5 Å². The third-order valence-electron chi connectivity index (χ3n) is 3.50. The summed E-state index contributed by atoms with van der Waals surface area (Å²) < 4.78 is 1.02. The molecule has 0 aliphatic carbocycles. The Morgan fingerprint density at radius 2 is 1.95 bits per heavy atom. The molecule has 1 heterocycles. The molecule has 0 spiro atoms. The average molecular weight is 343 g/mol. The molecular weight excluding hydrogens is 328 g/mol. The number of aromatic nitrogens is 1. The number of aromatic amines is 1. The highest BCUT2D eigenvalue weighted by Gasteiger charge is 2.04. The molecule has 0 saturated heterocycles. The van der Waals surface area contributed by atoms with Crippen LogP contribution in [0.2, 0.25) is 0 Å². The molecular formula is C17H15BrN2O. The first-order chi connectivity index (χ1) is 10.1. The molecule has 0 radical (unpaired) electrons. The summed E-state index contributed by atoms with van der Waals surface area (Å²) in [5.74, 6) is 0. The van der Waals surface area contributed by atoms with Crippen molar-refractivity contribution in [2.75, 3.05) is 5.32 Å². The summed E-state index contributed by atoms with van der Waals surface area (Å²) in [6.07, 6.45) is 0. The fraction of sp³-hybridized carbons (Fsp3) is 0.118. The van der Waals surface area contributed by atoms with Gasteiger partial charge in [0.25, 0.3) is 5.56 Å². The summed E-state index contributed by atoms with van der Waals surface area (Å²) in [6, 6.07) is 15.8. The number of H-pyrrole nitrogens is 1. The Labute approximate surface area is 131 Å². The quantitative estimate of drug-likeness (QED) is 0.748. The van der Waals surface area contributed by atoms with Crippen molar-refractivity contribution in [1.29, 1.82) is 0 Å². The summed E-state index contributed by atoms with van der Waals surface area (Å²) in [6.45, 7) is 2.54. The van der Waals surface area contributed by atoms with E-state index in [0.29, 0.717) is 6.54 Å². The molecule has 0 unspecified atom stereocenters. The van der Waals surface area contributed by atoms with E-state index in [-0.39, 0.29) is 5.56 Å². The maximum Gasteiger partial charge on any atom is 0.253 e. The Kier molecular flexibility index (Phi) is 3.80. The zero-order valence-electron chi connectivity index (χ0n) is 11.6. The second kappa shape index (κ2) is 5.74. The molecule has 4 heteroatoms. The van der Waals surface area contributed by atoms with Gasteiger partial charge in [-0.05, 0) is 42.1 Å². The number of benzene rings is 2. The van der Waals surface area contributed by atoms with Gasteiger partial charge in [0, 0.05) is 27.8 Å². The third kappa shape index (κ3) is 3.00. The van der Waals surface area contributed by atoms with Crippen molar-refractivity contribution < 1.29 is 0 Å². The number of rotatable bonds is 3. The van der Waals surface area contributed by atoms with Crippen LogP contribution in [-0.2, 0) is 6.54 Å². The molecule has 0 aliphatic heterocycles. The minimum atomic E-state index is -0.0474. The Bertz CT molecular complexity index is 855. The van der Waals surface area contributed by atoms with Crippen molar-refractivity contribution in [3.8, 4) is 0 Å². The van der Waals surface area contributed by atoms with Crippen molar-refractivity contribution in [3.05, 3.63) is 74.5 Å². The number of pyridine rings is 1. The Balaban J connectivity index is 1.90. The van der Waals surface area contributed by atoms with Crippen LogP contribution in [0.5, 0.6) is 0 Å². The first-order valence-electron chi connectivity index (χ1n) is 6.74. The van der Waals surface area contributed by atoms with Crippen molar-refractivity contribution in [3.63, 3.8) is 0 Å². The van der Waals surface area contributed by atoms with E-state index >= 15 is 0 Å². The monoisotopic (exact) mass is 342 g/mol. The molecule has 0 saturated carbocycles. The van der Waals surface area contributed by atoms with Gasteiger partial charge in [-0.2, -0.15) is 0 Å². The van der Waals surface area contributed by atoms with E-state index in [1.807, 2.05) is 55.5 Å². The zero-order valence-corrected chi connectivity index (χ0v) is 13.2. The molecule has 0 aliphatic rings. The van der Waals surface area contributed by atoms with Crippen LogP contribution in [-0.4, -0.2) is 4.98 Å². The fourth-order valence-corrected chi connectivity index (χ4v) is 2.66. The van der Waals surface area contributed by atoms with Crippen LogP contribution in [0.1, 0.15) is 11.1 Å². The lowest BCUT2D eigenvalue weighted by Crippen LogP contribution is -2.15. The number of para-hydroxylation sites is 1. The number of anilines is 1. The number of halogens is 1. The number of aryl methyl sites for hydroxylation is 1. The summed E-state index contributed by atoms with van der Waals surface area (Å²) >= 11 is 3.46. The summed E-state index contributed by atoms with van der Waals surface area (Å²) in [4.78, 5) is 15.0. The van der Waals surface area contributed by atoms with Gasteiger partial charge in [-0.1, -0.05) is 40.2 Å². The highest BCUT2D eigenvalue weighted by molar-refractivity contribution is 9.10. The van der Waals surface area contributed by atoms with E-state index < -0.39 is 0 Å². The fourth-order valence-electron chi connectivity index (χ4n) is 2.30. The van der Waals surface area contributed by atoms with Crippen LogP contribution in [0, 0.1) is 6.92 Å². The first kappa shape index (κ1) is 13.9. The average Bonchev–Trinajstić information content (AvgIpc) is 2.48. The lowest BCUT2D eigenvalue weighted by atomic mass is 10.1. The molecule has 3 aromatic rings. The molecule has 21 heavy (non-hydrogen) atoms. The zero-order chi connectivity index (χ0) is 14.8. The lowest BCUT2D eigenvalue weighted by molar-refractivity contribution is 1.08. The molecule has 3 nitrogen and oxygen atoms in total. The van der Waals surface area contributed by atoms with Gasteiger partial charge in [-0.15, -0.1) is 0 Å². The molecule has 106 valence electrons. The van der Waals surface area contributed by atoms with Gasteiger partial charge in [0.1, 0.15) is 0 Å². The Morgan fingerprint density at radius 1 is 1.14 bits per heavy atom.